The lowest BCUT2D eigenvalue weighted by Gasteiger charge is -2.25. The normalized spacial score (nSPS) is 13.6. The molecule has 0 aliphatic carbocycles. The van der Waals surface area contributed by atoms with Crippen molar-refractivity contribution in [1.29, 1.82) is 0 Å². The summed E-state index contributed by atoms with van der Waals surface area (Å²) in [4.78, 5) is 24.9. The Kier molecular flexibility index (Phi) is 6.09. The fourth-order valence-corrected chi connectivity index (χ4v) is 1.83. The summed E-state index contributed by atoms with van der Waals surface area (Å²) in [5.41, 5.74) is 0. The maximum Gasteiger partial charge on any atom is 0.326 e. The van der Waals surface area contributed by atoms with Crippen LogP contribution in [0.5, 0.6) is 0 Å². The number of hydrogen-bond acceptors (Lipinski definition) is 3. The van der Waals surface area contributed by atoms with E-state index in [-0.39, 0.29) is 5.92 Å². The van der Waals surface area contributed by atoms with Gasteiger partial charge < -0.3 is 19.7 Å². The van der Waals surface area contributed by atoms with Crippen molar-refractivity contribution < 1.29 is 19.1 Å². The molecule has 2 atom stereocenters. The Bertz CT molecular complexity index is 430. The van der Waals surface area contributed by atoms with E-state index in [4.69, 9.17) is 4.42 Å². The molecular formula is C14H22N2O4. The first kappa shape index (κ1) is 16.1. The Morgan fingerprint density at radius 1 is 1.45 bits per heavy atom. The van der Waals surface area contributed by atoms with E-state index < -0.39 is 18.0 Å². The molecule has 2 N–H and O–H groups in total. The average Bonchev–Trinajstić information content (AvgIpc) is 2.93. The number of nitrogens with zero attached hydrogens (tertiary/aromatic N) is 1. The minimum Gasteiger partial charge on any atom is -0.480 e. The van der Waals surface area contributed by atoms with Gasteiger partial charge in [-0.1, -0.05) is 20.3 Å². The Morgan fingerprint density at radius 3 is 2.60 bits per heavy atom. The van der Waals surface area contributed by atoms with Crippen molar-refractivity contribution in [3.63, 3.8) is 0 Å². The molecule has 0 saturated carbocycles. The average molecular weight is 282 g/mol. The van der Waals surface area contributed by atoms with Crippen molar-refractivity contribution in [3.8, 4) is 0 Å². The van der Waals surface area contributed by atoms with Gasteiger partial charge in [0.05, 0.1) is 12.8 Å². The van der Waals surface area contributed by atoms with Crippen LogP contribution in [0, 0.1) is 5.92 Å². The standard InChI is InChI=1S/C14H22N2O4/c1-4-10(3)12(13(17)18)15-14(19)16(5-2)9-11-7-6-8-20-11/h6-8,10,12H,4-5,9H2,1-3H3,(H,15,19)(H,17,18). The van der Waals surface area contributed by atoms with Crippen LogP contribution in [-0.2, 0) is 11.3 Å². The molecule has 1 aromatic rings. The fourth-order valence-electron chi connectivity index (χ4n) is 1.83. The van der Waals surface area contributed by atoms with Crippen LogP contribution >= 0.6 is 0 Å². The highest BCUT2D eigenvalue weighted by Gasteiger charge is 2.27. The molecule has 0 fully saturated rings. The Morgan fingerprint density at radius 2 is 2.15 bits per heavy atom. The van der Waals surface area contributed by atoms with Gasteiger partial charge in [-0.05, 0) is 25.0 Å². The topological polar surface area (TPSA) is 82.8 Å². The number of aliphatic carboxylic acids is 1. The van der Waals surface area contributed by atoms with Crippen molar-refractivity contribution >= 4 is 12.0 Å². The maximum absolute atomic E-state index is 12.1. The summed E-state index contributed by atoms with van der Waals surface area (Å²) in [6, 6.07) is 2.26. The molecule has 0 radical (unpaired) electrons. The minimum absolute atomic E-state index is 0.126. The number of amides is 2. The van der Waals surface area contributed by atoms with E-state index in [1.165, 1.54) is 4.90 Å². The number of carboxylic acids is 1. The molecule has 2 amide bonds. The molecule has 0 aliphatic heterocycles. The SMILES string of the molecule is CCC(C)C(NC(=O)N(CC)Cc1ccco1)C(=O)O. The summed E-state index contributed by atoms with van der Waals surface area (Å²) in [5.74, 6) is -0.474. The number of furan rings is 1. The first-order valence-corrected chi connectivity index (χ1v) is 6.80. The van der Waals surface area contributed by atoms with Gasteiger partial charge in [0.2, 0.25) is 0 Å². The van der Waals surface area contributed by atoms with E-state index in [1.807, 2.05) is 20.8 Å². The second-order valence-electron chi connectivity index (χ2n) is 4.74. The monoisotopic (exact) mass is 282 g/mol. The zero-order valence-electron chi connectivity index (χ0n) is 12.1. The highest BCUT2D eigenvalue weighted by Crippen LogP contribution is 2.10. The second kappa shape index (κ2) is 7.57. The molecule has 0 aliphatic rings. The zero-order chi connectivity index (χ0) is 15.1. The van der Waals surface area contributed by atoms with Gasteiger partial charge in [-0.2, -0.15) is 0 Å². The van der Waals surface area contributed by atoms with Gasteiger partial charge in [0.1, 0.15) is 11.8 Å². The molecule has 0 bridgehead atoms. The largest absolute Gasteiger partial charge is 0.480 e. The van der Waals surface area contributed by atoms with Gasteiger partial charge in [0.15, 0.2) is 0 Å². The van der Waals surface area contributed by atoms with Crippen LogP contribution in [0.2, 0.25) is 0 Å². The molecule has 1 aromatic heterocycles. The third-order valence-corrected chi connectivity index (χ3v) is 3.35. The lowest BCUT2D eigenvalue weighted by Crippen LogP contribution is -2.50. The van der Waals surface area contributed by atoms with Crippen LogP contribution in [0.15, 0.2) is 22.8 Å². The third kappa shape index (κ3) is 4.29. The molecule has 6 heteroatoms. The summed E-state index contributed by atoms with van der Waals surface area (Å²) < 4.78 is 5.20. The number of urea groups is 1. The van der Waals surface area contributed by atoms with Crippen molar-refractivity contribution in [2.24, 2.45) is 5.92 Å². The lowest BCUT2D eigenvalue weighted by molar-refractivity contribution is -0.140. The highest BCUT2D eigenvalue weighted by atomic mass is 16.4. The molecule has 1 rings (SSSR count). The second-order valence-corrected chi connectivity index (χ2v) is 4.74. The summed E-state index contributed by atoms with van der Waals surface area (Å²) in [7, 11) is 0. The van der Waals surface area contributed by atoms with E-state index in [1.54, 1.807) is 18.4 Å². The van der Waals surface area contributed by atoms with Crippen molar-refractivity contribution in [3.05, 3.63) is 24.2 Å². The zero-order valence-corrected chi connectivity index (χ0v) is 12.1. The van der Waals surface area contributed by atoms with Crippen LogP contribution in [0.3, 0.4) is 0 Å². The number of hydrogen-bond donors (Lipinski definition) is 2. The molecular weight excluding hydrogens is 260 g/mol. The molecule has 0 aromatic carbocycles. The van der Waals surface area contributed by atoms with Crippen LogP contribution in [0.25, 0.3) is 0 Å². The molecule has 1 heterocycles. The van der Waals surface area contributed by atoms with Crippen LogP contribution < -0.4 is 5.32 Å². The smallest absolute Gasteiger partial charge is 0.326 e. The number of carbonyl (C=O) groups excluding carboxylic acids is 1. The maximum atomic E-state index is 12.1. The molecule has 2 unspecified atom stereocenters. The molecule has 112 valence electrons. The van der Waals surface area contributed by atoms with Gasteiger partial charge in [-0.25, -0.2) is 9.59 Å². The Balaban J connectivity index is 2.68. The van der Waals surface area contributed by atoms with Crippen LogP contribution in [-0.4, -0.2) is 34.6 Å². The summed E-state index contributed by atoms with van der Waals surface area (Å²) in [6.07, 6.45) is 2.22. The molecule has 0 spiro atoms. The number of nitrogens with one attached hydrogen (secondary N) is 1. The van der Waals surface area contributed by atoms with Crippen LogP contribution in [0.1, 0.15) is 33.0 Å². The summed E-state index contributed by atoms with van der Waals surface area (Å²) in [5, 5.41) is 11.8. The highest BCUT2D eigenvalue weighted by molar-refractivity contribution is 5.82. The number of carboxylic acid groups (broad SMARTS) is 1. The molecule has 6 nitrogen and oxygen atoms in total. The van der Waals surface area contributed by atoms with Gasteiger partial charge in [-0.15, -0.1) is 0 Å². The van der Waals surface area contributed by atoms with Crippen molar-refractivity contribution in [2.75, 3.05) is 6.54 Å². The first-order chi connectivity index (χ1) is 9.49. The summed E-state index contributed by atoms with van der Waals surface area (Å²) >= 11 is 0. The van der Waals surface area contributed by atoms with Crippen molar-refractivity contribution in [2.45, 2.75) is 39.8 Å². The van der Waals surface area contributed by atoms with E-state index in [0.717, 1.165) is 0 Å². The minimum atomic E-state index is -1.01. The van der Waals surface area contributed by atoms with Gasteiger partial charge in [0, 0.05) is 6.54 Å². The van der Waals surface area contributed by atoms with E-state index in [0.29, 0.717) is 25.3 Å². The first-order valence-electron chi connectivity index (χ1n) is 6.80. The van der Waals surface area contributed by atoms with E-state index >= 15 is 0 Å². The lowest BCUT2D eigenvalue weighted by atomic mass is 9.99. The quantitative estimate of drug-likeness (QED) is 0.804. The Labute approximate surface area is 118 Å². The van der Waals surface area contributed by atoms with E-state index in [2.05, 4.69) is 5.32 Å². The van der Waals surface area contributed by atoms with E-state index in [9.17, 15) is 14.7 Å². The van der Waals surface area contributed by atoms with Gasteiger partial charge in [0.25, 0.3) is 0 Å². The predicted octanol–water partition coefficient (Wildman–Crippen LogP) is 2.31. The predicted molar refractivity (Wildman–Crippen MR) is 74.2 cm³/mol. The third-order valence-electron chi connectivity index (χ3n) is 3.35. The van der Waals surface area contributed by atoms with Gasteiger partial charge >= 0.3 is 12.0 Å². The van der Waals surface area contributed by atoms with Gasteiger partial charge in [-0.3, -0.25) is 0 Å². The molecule has 20 heavy (non-hydrogen) atoms. The Hall–Kier alpha value is -1.98. The fraction of sp³-hybridized carbons (Fsp3) is 0.571. The molecule has 0 saturated heterocycles. The van der Waals surface area contributed by atoms with Crippen LogP contribution in [0.4, 0.5) is 4.79 Å². The summed E-state index contributed by atoms with van der Waals surface area (Å²) in [6.45, 7) is 6.33. The number of carbonyl (C=O) groups is 2. The van der Waals surface area contributed by atoms with Crippen molar-refractivity contribution in [1.82, 2.24) is 10.2 Å². The number of rotatable bonds is 7.